The van der Waals surface area contributed by atoms with Gasteiger partial charge in [-0.25, -0.2) is 0 Å². The largest absolute Gasteiger partial charge is 0.388 e. The number of hydrogen-bond donors (Lipinski definition) is 2. The Morgan fingerprint density at radius 1 is 1.19 bits per heavy atom. The molecule has 0 amide bonds. The van der Waals surface area contributed by atoms with Crippen LogP contribution in [0.1, 0.15) is 54.4 Å². The van der Waals surface area contributed by atoms with Crippen LogP contribution in [0.2, 0.25) is 0 Å². The minimum atomic E-state index is 0.0694. The first kappa shape index (κ1) is 27.9. The lowest BCUT2D eigenvalue weighted by Gasteiger charge is -2.03. The number of allylic oxidation sites excluding steroid dienone is 4. The van der Waals surface area contributed by atoms with Crippen LogP contribution in [0.15, 0.2) is 36.6 Å². The van der Waals surface area contributed by atoms with Crippen LogP contribution in [0.5, 0.6) is 0 Å². The Bertz CT molecular complexity index is 246. The molecular weight excluding hydrogens is 260 g/mol. The van der Waals surface area contributed by atoms with Crippen LogP contribution in [-0.4, -0.2) is 26.4 Å². The van der Waals surface area contributed by atoms with Gasteiger partial charge in [0.2, 0.25) is 0 Å². The summed E-state index contributed by atoms with van der Waals surface area (Å²) in [6, 6.07) is 0.0694. The van der Waals surface area contributed by atoms with Gasteiger partial charge in [0.1, 0.15) is 6.29 Å². The van der Waals surface area contributed by atoms with Crippen molar-refractivity contribution in [3.8, 4) is 0 Å². The fraction of sp³-hybridized carbons (Fsp3) is 0.611. The molecular formula is C18H38N2O. The predicted molar refractivity (Wildman–Crippen MR) is 98.7 cm³/mol. The first-order valence-electron chi connectivity index (χ1n) is 7.95. The number of likely N-dealkylation sites (N-methyl/N-ethyl adjacent to an activating group) is 2. The van der Waals surface area contributed by atoms with E-state index >= 15 is 0 Å². The van der Waals surface area contributed by atoms with Crippen molar-refractivity contribution >= 4 is 6.29 Å². The molecule has 1 unspecified atom stereocenters. The fourth-order valence-electron chi connectivity index (χ4n) is 1.09. The standard InChI is InChI=1S/C8H13N.C6H13NO.2C2H6/c1-4-6-7-8(5-2)9-3;1-3-4-6(5-8)7-2;2*1-2/h4-7,9H,1H2,2-3H3;5-7H,3-4H2,1-2H3;2*1-2H3/b7-6-,8-5+;;;. The van der Waals surface area contributed by atoms with Crippen LogP contribution in [0.3, 0.4) is 0 Å². The summed E-state index contributed by atoms with van der Waals surface area (Å²) in [4.78, 5) is 10.1. The topological polar surface area (TPSA) is 41.1 Å². The van der Waals surface area contributed by atoms with Gasteiger partial charge in [0, 0.05) is 12.7 Å². The molecule has 0 aromatic rings. The van der Waals surface area contributed by atoms with E-state index in [4.69, 9.17) is 0 Å². The van der Waals surface area contributed by atoms with Crippen molar-refractivity contribution in [2.45, 2.75) is 60.4 Å². The van der Waals surface area contributed by atoms with E-state index in [1.165, 1.54) is 0 Å². The highest BCUT2D eigenvalue weighted by molar-refractivity contribution is 5.57. The summed E-state index contributed by atoms with van der Waals surface area (Å²) in [5.41, 5.74) is 1.11. The second-order valence-electron chi connectivity index (χ2n) is 3.41. The maximum absolute atomic E-state index is 10.1. The molecule has 0 rings (SSSR count). The average molecular weight is 299 g/mol. The van der Waals surface area contributed by atoms with Crippen molar-refractivity contribution in [3.63, 3.8) is 0 Å². The Balaban J connectivity index is -0.000000111. The number of carbonyl (C=O) groups excluding carboxylic acids is 1. The fourth-order valence-corrected chi connectivity index (χ4v) is 1.09. The van der Waals surface area contributed by atoms with E-state index in [9.17, 15) is 4.79 Å². The molecule has 2 N–H and O–H groups in total. The second kappa shape index (κ2) is 31.2. The summed E-state index contributed by atoms with van der Waals surface area (Å²) in [5.74, 6) is 0. The summed E-state index contributed by atoms with van der Waals surface area (Å²) in [6.07, 6.45) is 10.6. The van der Waals surface area contributed by atoms with Crippen molar-refractivity contribution in [2.24, 2.45) is 0 Å². The van der Waals surface area contributed by atoms with Crippen molar-refractivity contribution < 1.29 is 4.79 Å². The zero-order chi connectivity index (χ0) is 17.5. The van der Waals surface area contributed by atoms with Crippen LogP contribution in [0.4, 0.5) is 0 Å². The Hall–Kier alpha value is -1.35. The van der Waals surface area contributed by atoms with Crippen LogP contribution >= 0.6 is 0 Å². The Morgan fingerprint density at radius 2 is 1.71 bits per heavy atom. The zero-order valence-corrected chi connectivity index (χ0v) is 15.5. The van der Waals surface area contributed by atoms with E-state index in [2.05, 4.69) is 24.1 Å². The summed E-state index contributed by atoms with van der Waals surface area (Å²) in [5, 5.41) is 5.90. The summed E-state index contributed by atoms with van der Waals surface area (Å²) in [7, 11) is 3.69. The summed E-state index contributed by atoms with van der Waals surface area (Å²) >= 11 is 0. The third kappa shape index (κ3) is 27.7. The van der Waals surface area contributed by atoms with Crippen molar-refractivity contribution in [1.82, 2.24) is 10.6 Å². The summed E-state index contributed by atoms with van der Waals surface area (Å²) < 4.78 is 0. The van der Waals surface area contributed by atoms with Gasteiger partial charge in [0.15, 0.2) is 0 Å². The number of rotatable bonds is 7. The molecule has 0 aliphatic heterocycles. The van der Waals surface area contributed by atoms with Gasteiger partial charge in [-0.15, -0.1) is 0 Å². The van der Waals surface area contributed by atoms with Gasteiger partial charge in [0.05, 0.1) is 6.04 Å². The van der Waals surface area contributed by atoms with E-state index in [0.717, 1.165) is 24.8 Å². The highest BCUT2D eigenvalue weighted by atomic mass is 16.1. The molecule has 0 saturated heterocycles. The van der Waals surface area contributed by atoms with Crippen LogP contribution in [0, 0.1) is 0 Å². The van der Waals surface area contributed by atoms with Gasteiger partial charge in [-0.05, 0) is 26.5 Å². The molecule has 0 aliphatic carbocycles. The van der Waals surface area contributed by atoms with Gasteiger partial charge in [-0.3, -0.25) is 0 Å². The SMILES string of the molecule is C=C/C=C\C(=C/C)NC.CC.CC.CCCC(C=O)NC. The van der Waals surface area contributed by atoms with Crippen molar-refractivity contribution in [1.29, 1.82) is 0 Å². The highest BCUT2D eigenvalue weighted by Gasteiger charge is 1.98. The molecule has 0 saturated carbocycles. The van der Waals surface area contributed by atoms with Gasteiger partial charge in [-0.1, -0.05) is 65.8 Å². The molecule has 1 atom stereocenters. The lowest BCUT2D eigenvalue weighted by atomic mass is 10.2. The molecule has 0 fully saturated rings. The molecule has 21 heavy (non-hydrogen) atoms. The first-order chi connectivity index (χ1) is 10.2. The third-order valence-corrected chi connectivity index (χ3v) is 2.15. The van der Waals surface area contributed by atoms with E-state index in [1.807, 2.05) is 59.9 Å². The molecule has 0 aromatic carbocycles. The van der Waals surface area contributed by atoms with E-state index < -0.39 is 0 Å². The molecule has 0 bridgehead atoms. The molecule has 0 heterocycles. The highest BCUT2D eigenvalue weighted by Crippen LogP contribution is 1.90. The smallest absolute Gasteiger partial charge is 0.136 e. The maximum Gasteiger partial charge on any atom is 0.136 e. The molecule has 0 radical (unpaired) electrons. The lowest BCUT2D eigenvalue weighted by Crippen LogP contribution is -2.25. The molecule has 3 nitrogen and oxygen atoms in total. The molecule has 0 aliphatic rings. The van der Waals surface area contributed by atoms with Gasteiger partial charge in [-0.2, -0.15) is 0 Å². The minimum absolute atomic E-state index is 0.0694. The normalized spacial score (nSPS) is 10.8. The monoisotopic (exact) mass is 298 g/mol. The minimum Gasteiger partial charge on any atom is -0.388 e. The van der Waals surface area contributed by atoms with Crippen LogP contribution in [-0.2, 0) is 4.79 Å². The lowest BCUT2D eigenvalue weighted by molar-refractivity contribution is -0.109. The van der Waals surface area contributed by atoms with Crippen molar-refractivity contribution in [3.05, 3.63) is 36.6 Å². The molecule has 126 valence electrons. The Labute approximate surface area is 133 Å². The number of aldehydes is 1. The Kier molecular flexibility index (Phi) is 41.4. The first-order valence-corrected chi connectivity index (χ1v) is 7.95. The quantitative estimate of drug-likeness (QED) is 0.538. The van der Waals surface area contributed by atoms with Crippen molar-refractivity contribution in [2.75, 3.05) is 14.1 Å². The zero-order valence-electron chi connectivity index (χ0n) is 15.5. The van der Waals surface area contributed by atoms with Gasteiger partial charge < -0.3 is 15.4 Å². The average Bonchev–Trinajstić information content (AvgIpc) is 2.58. The van der Waals surface area contributed by atoms with Gasteiger partial charge >= 0.3 is 0 Å². The van der Waals surface area contributed by atoms with E-state index in [1.54, 1.807) is 13.1 Å². The summed E-state index contributed by atoms with van der Waals surface area (Å²) in [6.45, 7) is 15.6. The van der Waals surface area contributed by atoms with Crippen LogP contribution in [0.25, 0.3) is 0 Å². The predicted octanol–water partition coefficient (Wildman–Crippen LogP) is 4.48. The second-order valence-corrected chi connectivity index (χ2v) is 3.41. The Morgan fingerprint density at radius 3 is 1.90 bits per heavy atom. The van der Waals surface area contributed by atoms with E-state index in [-0.39, 0.29) is 6.04 Å². The number of nitrogens with one attached hydrogen (secondary N) is 2. The molecule has 0 spiro atoms. The van der Waals surface area contributed by atoms with Gasteiger partial charge in [0.25, 0.3) is 0 Å². The van der Waals surface area contributed by atoms with Crippen LogP contribution < -0.4 is 10.6 Å². The third-order valence-electron chi connectivity index (χ3n) is 2.15. The number of carbonyl (C=O) groups is 1. The van der Waals surface area contributed by atoms with E-state index in [0.29, 0.717) is 0 Å². The maximum atomic E-state index is 10.1. The number of hydrogen-bond acceptors (Lipinski definition) is 3. The molecule has 0 aromatic heterocycles. The molecule has 3 heteroatoms.